The molecule has 0 spiro atoms. The molecule has 0 radical (unpaired) electrons. The number of furan rings is 1. The van der Waals surface area contributed by atoms with E-state index >= 15 is 0 Å². The van der Waals surface area contributed by atoms with Gasteiger partial charge in [-0.15, -0.1) is 0 Å². The Kier molecular flexibility index (Phi) is 2.19. The van der Waals surface area contributed by atoms with E-state index in [1.807, 2.05) is 26.0 Å². The van der Waals surface area contributed by atoms with Gasteiger partial charge in [0, 0.05) is 13.1 Å². The van der Waals surface area contributed by atoms with Crippen LogP contribution in [0.2, 0.25) is 0 Å². The van der Waals surface area contributed by atoms with Crippen molar-refractivity contribution in [3.05, 3.63) is 23.7 Å². The number of aryl methyl sites for hydroxylation is 1. The average Bonchev–Trinajstić information content (AvgIpc) is 2.71. The van der Waals surface area contributed by atoms with E-state index in [1.165, 1.54) is 0 Å². The second kappa shape index (κ2) is 3.36. The fourth-order valence-corrected chi connectivity index (χ4v) is 1.66. The minimum absolute atomic E-state index is 0.00782. The Hall–Kier alpha value is -1.45. The molecule has 1 aliphatic heterocycles. The standard InChI is InChI=1S/C10H14N2O2/c1-3-12-6-8(11-10(12)13)9-5-4-7(2)14-9/h4-5,8H,3,6H2,1-2H3,(H,11,13). The highest BCUT2D eigenvalue weighted by molar-refractivity contribution is 5.77. The van der Waals surface area contributed by atoms with Crippen molar-refractivity contribution in [1.29, 1.82) is 0 Å². The summed E-state index contributed by atoms with van der Waals surface area (Å²) in [4.78, 5) is 13.1. The van der Waals surface area contributed by atoms with E-state index in [0.717, 1.165) is 18.1 Å². The van der Waals surface area contributed by atoms with Crippen molar-refractivity contribution in [2.24, 2.45) is 0 Å². The fraction of sp³-hybridized carbons (Fsp3) is 0.500. The molecule has 1 saturated heterocycles. The van der Waals surface area contributed by atoms with Crippen molar-refractivity contribution in [3.63, 3.8) is 0 Å². The zero-order chi connectivity index (χ0) is 10.1. The third-order valence-electron chi connectivity index (χ3n) is 2.47. The van der Waals surface area contributed by atoms with Crippen molar-refractivity contribution in [3.8, 4) is 0 Å². The topological polar surface area (TPSA) is 45.5 Å². The molecule has 2 rings (SSSR count). The Balaban J connectivity index is 2.12. The fourth-order valence-electron chi connectivity index (χ4n) is 1.66. The molecule has 0 saturated carbocycles. The maximum Gasteiger partial charge on any atom is 0.318 e. The van der Waals surface area contributed by atoms with Crippen LogP contribution in [0.15, 0.2) is 16.5 Å². The first-order valence-corrected chi connectivity index (χ1v) is 4.82. The molecule has 14 heavy (non-hydrogen) atoms. The normalized spacial score (nSPS) is 21.4. The van der Waals surface area contributed by atoms with Gasteiger partial charge in [0.1, 0.15) is 17.6 Å². The molecule has 2 amide bonds. The minimum atomic E-state index is -0.00782. The summed E-state index contributed by atoms with van der Waals surface area (Å²) in [5, 5.41) is 2.88. The highest BCUT2D eigenvalue weighted by Crippen LogP contribution is 2.21. The minimum Gasteiger partial charge on any atom is -0.464 e. The van der Waals surface area contributed by atoms with Crippen molar-refractivity contribution >= 4 is 6.03 Å². The predicted octanol–water partition coefficient (Wildman–Crippen LogP) is 1.67. The monoisotopic (exact) mass is 194 g/mol. The highest BCUT2D eigenvalue weighted by Gasteiger charge is 2.30. The van der Waals surface area contributed by atoms with Crippen LogP contribution in [0.5, 0.6) is 0 Å². The van der Waals surface area contributed by atoms with Gasteiger partial charge in [-0.25, -0.2) is 4.79 Å². The lowest BCUT2D eigenvalue weighted by Gasteiger charge is -2.09. The molecule has 4 heteroatoms. The van der Waals surface area contributed by atoms with Gasteiger partial charge in [-0.3, -0.25) is 0 Å². The number of likely N-dealkylation sites (N-methyl/N-ethyl adjacent to an activating group) is 1. The quantitative estimate of drug-likeness (QED) is 0.778. The summed E-state index contributed by atoms with van der Waals surface area (Å²) < 4.78 is 5.47. The lowest BCUT2D eigenvalue weighted by atomic mass is 10.2. The maximum atomic E-state index is 11.4. The molecule has 1 atom stereocenters. The van der Waals surface area contributed by atoms with Crippen LogP contribution in [0.1, 0.15) is 24.5 Å². The molecule has 0 aliphatic carbocycles. The van der Waals surface area contributed by atoms with E-state index in [2.05, 4.69) is 5.32 Å². The Morgan fingerprint density at radius 2 is 2.43 bits per heavy atom. The second-order valence-corrected chi connectivity index (χ2v) is 3.49. The number of carbonyl (C=O) groups excluding carboxylic acids is 1. The molecule has 4 nitrogen and oxygen atoms in total. The molecule has 1 unspecified atom stereocenters. The van der Waals surface area contributed by atoms with Crippen molar-refractivity contribution < 1.29 is 9.21 Å². The first kappa shape index (κ1) is 9.12. The van der Waals surface area contributed by atoms with Gasteiger partial charge in [0.05, 0.1) is 0 Å². The van der Waals surface area contributed by atoms with Crippen LogP contribution < -0.4 is 5.32 Å². The Bertz CT molecular complexity index is 346. The van der Waals surface area contributed by atoms with Crippen LogP contribution in [0.4, 0.5) is 4.79 Å². The van der Waals surface area contributed by atoms with Gasteiger partial charge in [-0.2, -0.15) is 0 Å². The molecule has 0 bridgehead atoms. The summed E-state index contributed by atoms with van der Waals surface area (Å²) >= 11 is 0. The van der Waals surface area contributed by atoms with Crippen LogP contribution in [0, 0.1) is 6.92 Å². The van der Waals surface area contributed by atoms with Gasteiger partial charge < -0.3 is 14.6 Å². The van der Waals surface area contributed by atoms with E-state index < -0.39 is 0 Å². The summed E-state index contributed by atoms with van der Waals surface area (Å²) in [5.41, 5.74) is 0. The molecule has 1 aromatic heterocycles. The third-order valence-corrected chi connectivity index (χ3v) is 2.47. The second-order valence-electron chi connectivity index (χ2n) is 3.49. The van der Waals surface area contributed by atoms with Gasteiger partial charge in [-0.05, 0) is 26.0 Å². The Morgan fingerprint density at radius 1 is 1.64 bits per heavy atom. The number of nitrogens with one attached hydrogen (secondary N) is 1. The number of amides is 2. The third kappa shape index (κ3) is 1.47. The molecular formula is C10H14N2O2. The largest absolute Gasteiger partial charge is 0.464 e. The van der Waals surface area contributed by atoms with Gasteiger partial charge in [-0.1, -0.05) is 0 Å². The van der Waals surface area contributed by atoms with Crippen molar-refractivity contribution in [2.75, 3.05) is 13.1 Å². The molecule has 2 heterocycles. The average molecular weight is 194 g/mol. The number of carbonyl (C=O) groups is 1. The Morgan fingerprint density at radius 3 is 2.93 bits per heavy atom. The number of hydrogen-bond acceptors (Lipinski definition) is 2. The van der Waals surface area contributed by atoms with Gasteiger partial charge in [0.2, 0.25) is 0 Å². The van der Waals surface area contributed by atoms with Crippen molar-refractivity contribution in [1.82, 2.24) is 10.2 Å². The number of rotatable bonds is 2. The van der Waals surface area contributed by atoms with Crippen LogP contribution in [0.25, 0.3) is 0 Å². The zero-order valence-electron chi connectivity index (χ0n) is 8.41. The summed E-state index contributed by atoms with van der Waals surface area (Å²) in [5.74, 6) is 1.72. The molecule has 1 aliphatic rings. The number of nitrogens with zero attached hydrogens (tertiary/aromatic N) is 1. The van der Waals surface area contributed by atoms with E-state index in [-0.39, 0.29) is 12.1 Å². The molecule has 1 fully saturated rings. The van der Waals surface area contributed by atoms with Gasteiger partial charge in [0.15, 0.2) is 0 Å². The smallest absolute Gasteiger partial charge is 0.318 e. The SMILES string of the molecule is CCN1CC(c2ccc(C)o2)NC1=O. The summed E-state index contributed by atoms with van der Waals surface area (Å²) in [7, 11) is 0. The van der Waals surface area contributed by atoms with E-state index in [0.29, 0.717) is 6.54 Å². The number of hydrogen-bond donors (Lipinski definition) is 1. The lowest BCUT2D eigenvalue weighted by Crippen LogP contribution is -2.27. The highest BCUT2D eigenvalue weighted by atomic mass is 16.3. The maximum absolute atomic E-state index is 11.4. The molecule has 1 aromatic rings. The summed E-state index contributed by atoms with van der Waals surface area (Å²) in [6, 6.07) is 3.83. The summed E-state index contributed by atoms with van der Waals surface area (Å²) in [6.45, 7) is 5.30. The van der Waals surface area contributed by atoms with E-state index in [4.69, 9.17) is 4.42 Å². The first-order chi connectivity index (χ1) is 6.70. The first-order valence-electron chi connectivity index (χ1n) is 4.82. The molecule has 76 valence electrons. The molecular weight excluding hydrogens is 180 g/mol. The molecule has 0 aromatic carbocycles. The van der Waals surface area contributed by atoms with Gasteiger partial charge >= 0.3 is 6.03 Å². The van der Waals surface area contributed by atoms with Crippen LogP contribution in [-0.2, 0) is 0 Å². The van der Waals surface area contributed by atoms with Crippen molar-refractivity contribution in [2.45, 2.75) is 19.9 Å². The lowest BCUT2D eigenvalue weighted by molar-refractivity contribution is 0.219. The molecule has 1 N–H and O–H groups in total. The Labute approximate surface area is 82.9 Å². The zero-order valence-corrected chi connectivity index (χ0v) is 8.41. The van der Waals surface area contributed by atoms with Crippen LogP contribution in [0.3, 0.4) is 0 Å². The van der Waals surface area contributed by atoms with Crippen LogP contribution in [-0.4, -0.2) is 24.0 Å². The van der Waals surface area contributed by atoms with E-state index in [9.17, 15) is 4.79 Å². The van der Waals surface area contributed by atoms with E-state index in [1.54, 1.807) is 4.90 Å². The van der Waals surface area contributed by atoms with Gasteiger partial charge in [0.25, 0.3) is 0 Å². The van der Waals surface area contributed by atoms with Crippen LogP contribution >= 0.6 is 0 Å². The number of urea groups is 1. The summed E-state index contributed by atoms with van der Waals surface area (Å²) in [6.07, 6.45) is 0. The predicted molar refractivity (Wildman–Crippen MR) is 52.0 cm³/mol.